The molecule has 0 fully saturated rings. The van der Waals surface area contributed by atoms with Gasteiger partial charge < -0.3 is 4.90 Å². The molecule has 146 valence electrons. The van der Waals surface area contributed by atoms with Crippen molar-refractivity contribution in [3.8, 4) is 0 Å². The van der Waals surface area contributed by atoms with Crippen LogP contribution in [0.5, 0.6) is 0 Å². The van der Waals surface area contributed by atoms with E-state index in [9.17, 15) is 4.79 Å². The van der Waals surface area contributed by atoms with Gasteiger partial charge in [0.05, 0.1) is 11.8 Å². The Morgan fingerprint density at radius 2 is 1.89 bits per heavy atom. The van der Waals surface area contributed by atoms with E-state index in [0.717, 1.165) is 17.7 Å². The summed E-state index contributed by atoms with van der Waals surface area (Å²) >= 11 is 5.86. The minimum atomic E-state index is -0.265. The van der Waals surface area contributed by atoms with E-state index in [0.29, 0.717) is 10.6 Å². The number of allylic oxidation sites excluding steroid dienone is 1. The Hall–Kier alpha value is -2.59. The van der Waals surface area contributed by atoms with Gasteiger partial charge >= 0.3 is 0 Å². The zero-order chi connectivity index (χ0) is 20.5. The molecule has 0 saturated carbocycles. The van der Waals surface area contributed by atoms with Crippen molar-refractivity contribution in [1.29, 1.82) is 0 Å². The number of rotatable bonds is 4. The van der Waals surface area contributed by atoms with E-state index < -0.39 is 0 Å². The normalized spacial score (nSPS) is 15.4. The Kier molecular flexibility index (Phi) is 5.61. The molecule has 5 heteroatoms. The number of benzene rings is 2. The number of nitrogens with zero attached hydrogens (tertiary/aromatic N) is 2. The van der Waals surface area contributed by atoms with Crippen molar-refractivity contribution in [2.45, 2.75) is 40.2 Å². The van der Waals surface area contributed by atoms with E-state index in [1.807, 2.05) is 0 Å². The third kappa shape index (κ3) is 3.97. The topological polar surface area (TPSA) is 44.7 Å². The zero-order valence-electron chi connectivity index (χ0n) is 17.0. The number of carbonyl (C=O) groups is 1. The first-order valence-corrected chi connectivity index (χ1v) is 9.82. The summed E-state index contributed by atoms with van der Waals surface area (Å²) in [6.45, 7) is 11.8. The van der Waals surface area contributed by atoms with Gasteiger partial charge in [-0.2, -0.15) is 5.10 Å². The van der Waals surface area contributed by atoms with Crippen LogP contribution in [0.15, 0.2) is 47.6 Å². The van der Waals surface area contributed by atoms with Crippen LogP contribution < -0.4 is 10.3 Å². The van der Waals surface area contributed by atoms with Crippen LogP contribution in [-0.4, -0.2) is 24.2 Å². The molecule has 0 aliphatic carbocycles. The summed E-state index contributed by atoms with van der Waals surface area (Å²) in [5, 5.41) is 4.75. The first-order valence-electron chi connectivity index (χ1n) is 9.44. The van der Waals surface area contributed by atoms with E-state index in [1.54, 1.807) is 30.5 Å². The first-order chi connectivity index (χ1) is 13.2. The number of anilines is 1. The Morgan fingerprint density at radius 3 is 2.54 bits per heavy atom. The molecule has 1 N–H and O–H groups in total. The molecule has 4 nitrogen and oxygen atoms in total. The van der Waals surface area contributed by atoms with Crippen LogP contribution in [0.1, 0.15) is 54.7 Å². The van der Waals surface area contributed by atoms with Gasteiger partial charge in [-0.15, -0.1) is 0 Å². The summed E-state index contributed by atoms with van der Waals surface area (Å²) in [7, 11) is 0. The Labute approximate surface area is 171 Å². The Balaban J connectivity index is 1.84. The fourth-order valence-electron chi connectivity index (χ4n) is 3.79. The molecule has 0 unspecified atom stereocenters. The second-order valence-electron chi connectivity index (χ2n) is 7.66. The van der Waals surface area contributed by atoms with Crippen molar-refractivity contribution >= 4 is 35.0 Å². The fourth-order valence-corrected chi connectivity index (χ4v) is 3.91. The number of carbonyl (C=O) groups excluding carboxylic acids is 1. The predicted molar refractivity (Wildman–Crippen MR) is 118 cm³/mol. The monoisotopic (exact) mass is 395 g/mol. The minimum Gasteiger partial charge on any atom is -0.363 e. The second-order valence-corrected chi connectivity index (χ2v) is 8.09. The largest absolute Gasteiger partial charge is 0.363 e. The summed E-state index contributed by atoms with van der Waals surface area (Å²) in [6, 6.07) is 11.1. The smallest absolute Gasteiger partial charge is 0.271 e. The fraction of sp³-hybridized carbons (Fsp3) is 0.304. The highest BCUT2D eigenvalue weighted by Gasteiger charge is 2.30. The lowest BCUT2D eigenvalue weighted by Crippen LogP contribution is -2.45. The highest BCUT2D eigenvalue weighted by molar-refractivity contribution is 6.30. The summed E-state index contributed by atoms with van der Waals surface area (Å²) in [5.41, 5.74) is 8.89. The third-order valence-electron chi connectivity index (χ3n) is 5.16. The molecule has 2 aromatic rings. The van der Waals surface area contributed by atoms with Crippen molar-refractivity contribution in [2.24, 2.45) is 5.10 Å². The molecular weight excluding hydrogens is 370 g/mol. The predicted octanol–water partition coefficient (Wildman–Crippen LogP) is 5.43. The van der Waals surface area contributed by atoms with Gasteiger partial charge in [0.1, 0.15) is 0 Å². The number of amides is 1. The second kappa shape index (κ2) is 7.80. The summed E-state index contributed by atoms with van der Waals surface area (Å²) in [6.07, 6.45) is 4.00. The van der Waals surface area contributed by atoms with Crippen molar-refractivity contribution < 1.29 is 4.79 Å². The van der Waals surface area contributed by atoms with Crippen LogP contribution in [0.3, 0.4) is 0 Å². The molecule has 0 radical (unpaired) electrons. The van der Waals surface area contributed by atoms with E-state index in [4.69, 9.17) is 11.6 Å². The number of fused-ring (bicyclic) bond motifs is 1. The molecule has 0 atom stereocenters. The molecule has 1 heterocycles. The zero-order valence-corrected chi connectivity index (χ0v) is 17.8. The minimum absolute atomic E-state index is 0.0135. The van der Waals surface area contributed by atoms with Crippen LogP contribution in [0, 0.1) is 6.92 Å². The molecule has 2 aromatic carbocycles. The van der Waals surface area contributed by atoms with Crippen molar-refractivity contribution in [3.05, 3.63) is 69.8 Å². The maximum Gasteiger partial charge on any atom is 0.271 e. The molecule has 1 amide bonds. The van der Waals surface area contributed by atoms with Crippen LogP contribution >= 0.6 is 11.6 Å². The van der Waals surface area contributed by atoms with Gasteiger partial charge in [0, 0.05) is 28.4 Å². The van der Waals surface area contributed by atoms with Crippen LogP contribution in [-0.2, 0) is 0 Å². The molecule has 0 spiro atoms. The molecule has 1 aliphatic rings. The molecule has 0 bridgehead atoms. The molecule has 0 saturated heterocycles. The number of hydrogen-bond donors (Lipinski definition) is 1. The average molecular weight is 396 g/mol. The van der Waals surface area contributed by atoms with E-state index in [-0.39, 0.29) is 11.4 Å². The van der Waals surface area contributed by atoms with E-state index in [1.165, 1.54) is 16.8 Å². The van der Waals surface area contributed by atoms with E-state index in [2.05, 4.69) is 68.3 Å². The third-order valence-corrected chi connectivity index (χ3v) is 5.41. The highest BCUT2D eigenvalue weighted by atomic mass is 35.5. The highest BCUT2D eigenvalue weighted by Crippen LogP contribution is 2.39. The summed E-state index contributed by atoms with van der Waals surface area (Å²) in [5.74, 6) is -0.265. The molecular formula is C23H26ClN3O. The number of nitrogens with one attached hydrogen (secondary N) is 1. The maximum atomic E-state index is 12.2. The van der Waals surface area contributed by atoms with Gasteiger partial charge in [0.25, 0.3) is 5.91 Å². The van der Waals surface area contributed by atoms with Crippen molar-refractivity contribution in [1.82, 2.24) is 5.43 Å². The molecule has 0 aromatic heterocycles. The quantitative estimate of drug-likeness (QED) is 0.553. The number of likely N-dealkylation sites (N-methyl/N-ethyl adjacent to an activating group) is 1. The Bertz CT molecular complexity index is 959. The summed E-state index contributed by atoms with van der Waals surface area (Å²) in [4.78, 5) is 14.6. The van der Waals surface area contributed by atoms with Crippen LogP contribution in [0.2, 0.25) is 5.02 Å². The lowest BCUT2D eigenvalue weighted by Gasteiger charge is -2.43. The molecule has 3 rings (SSSR count). The number of hydrazone groups is 1. The van der Waals surface area contributed by atoms with Gasteiger partial charge in [-0.05, 0) is 87.7 Å². The van der Waals surface area contributed by atoms with Gasteiger partial charge in [-0.25, -0.2) is 5.43 Å². The lowest BCUT2D eigenvalue weighted by atomic mass is 9.87. The van der Waals surface area contributed by atoms with E-state index >= 15 is 0 Å². The molecule has 1 aliphatic heterocycles. The van der Waals surface area contributed by atoms with Crippen LogP contribution in [0.25, 0.3) is 5.57 Å². The van der Waals surface area contributed by atoms with Crippen molar-refractivity contribution in [2.75, 3.05) is 11.4 Å². The number of aryl methyl sites for hydroxylation is 1. The maximum absolute atomic E-state index is 12.2. The van der Waals surface area contributed by atoms with Gasteiger partial charge in [0.2, 0.25) is 0 Å². The van der Waals surface area contributed by atoms with Crippen LogP contribution in [0.4, 0.5) is 5.69 Å². The SMILES string of the molecule is CCN1c2cc(C)c(/C=N/NC(=O)c3ccc(Cl)cc3)cc2C(C)=CC1(C)C. The molecule has 28 heavy (non-hydrogen) atoms. The lowest BCUT2D eigenvalue weighted by molar-refractivity contribution is 0.0955. The number of halogens is 1. The van der Waals surface area contributed by atoms with Gasteiger partial charge in [-0.3, -0.25) is 4.79 Å². The standard InChI is InChI=1S/C23H26ClN3O/c1-6-27-21-11-15(2)18(12-20(21)16(3)13-23(27,4)5)14-25-26-22(28)17-7-9-19(24)10-8-17/h7-14H,6H2,1-5H3,(H,26,28)/b25-14+. The Morgan fingerprint density at radius 1 is 1.21 bits per heavy atom. The summed E-state index contributed by atoms with van der Waals surface area (Å²) < 4.78 is 0. The van der Waals surface area contributed by atoms with Gasteiger partial charge in [-0.1, -0.05) is 17.7 Å². The average Bonchev–Trinajstić information content (AvgIpc) is 2.62. The van der Waals surface area contributed by atoms with Crippen molar-refractivity contribution in [3.63, 3.8) is 0 Å². The van der Waals surface area contributed by atoms with Gasteiger partial charge in [0.15, 0.2) is 0 Å². The first kappa shape index (κ1) is 20.2. The number of hydrogen-bond acceptors (Lipinski definition) is 3.